The lowest BCUT2D eigenvalue weighted by Gasteiger charge is -2.36. The first kappa shape index (κ1) is 33.4. The number of fused-ring (bicyclic) bond motifs is 2. The first-order valence-corrected chi connectivity index (χ1v) is 17.1. The highest BCUT2D eigenvalue weighted by Crippen LogP contribution is 2.68. The summed E-state index contributed by atoms with van der Waals surface area (Å²) < 4.78 is 38.2. The molecule has 1 saturated heterocycles. The molecule has 0 aliphatic carbocycles. The van der Waals surface area contributed by atoms with Crippen molar-refractivity contribution in [2.24, 2.45) is 0 Å². The van der Waals surface area contributed by atoms with Gasteiger partial charge in [0.05, 0.1) is 13.2 Å². The number of phosphoric ester groups is 1. The minimum atomic E-state index is -3.94. The first-order chi connectivity index (χ1) is 18.5. The molecule has 0 aromatic rings. The summed E-state index contributed by atoms with van der Waals surface area (Å²) in [7, 11) is -3.94. The Morgan fingerprint density at radius 1 is 0.605 bits per heavy atom. The van der Waals surface area contributed by atoms with Gasteiger partial charge in [-0.15, -0.1) is 0 Å². The zero-order valence-corrected chi connectivity index (χ0v) is 25.1. The fraction of sp³-hybridized carbons (Fsp3) is 0.931. The van der Waals surface area contributed by atoms with Crippen molar-refractivity contribution in [1.82, 2.24) is 0 Å². The van der Waals surface area contributed by atoms with Gasteiger partial charge in [0.15, 0.2) is 0 Å². The summed E-state index contributed by atoms with van der Waals surface area (Å²) in [5.74, 6) is -2.65. The SMILES string of the molecule is CCCCCCCCCCCCCOC1=C(OCCCCCCCCCCCCC)C2(O)OP(=O)(OO1)O2. The lowest BCUT2D eigenvalue weighted by molar-refractivity contribution is -0.347. The monoisotopic (exact) mass is 562 g/mol. The van der Waals surface area contributed by atoms with Gasteiger partial charge in [0.2, 0.25) is 0 Å². The Kier molecular flexibility index (Phi) is 17.7. The van der Waals surface area contributed by atoms with E-state index in [-0.39, 0.29) is 11.7 Å². The van der Waals surface area contributed by atoms with Crippen molar-refractivity contribution in [3.05, 3.63) is 11.7 Å². The average molecular weight is 563 g/mol. The highest BCUT2D eigenvalue weighted by molar-refractivity contribution is 7.49. The van der Waals surface area contributed by atoms with Crippen LogP contribution in [-0.4, -0.2) is 24.3 Å². The summed E-state index contributed by atoms with van der Waals surface area (Å²) in [5.41, 5.74) is 0. The van der Waals surface area contributed by atoms with Crippen LogP contribution in [0, 0.1) is 0 Å². The highest BCUT2D eigenvalue weighted by atomic mass is 31.2. The molecular weight excluding hydrogens is 507 g/mol. The molecule has 3 aliphatic rings. The van der Waals surface area contributed by atoms with Gasteiger partial charge >= 0.3 is 19.7 Å². The zero-order valence-electron chi connectivity index (χ0n) is 24.2. The molecule has 0 atom stereocenters. The first-order valence-electron chi connectivity index (χ1n) is 15.6. The average Bonchev–Trinajstić information content (AvgIpc) is 3.05. The molecular formula is C29H55O8P. The Morgan fingerprint density at radius 3 is 1.39 bits per heavy atom. The molecule has 9 heteroatoms. The lowest BCUT2D eigenvalue weighted by Crippen LogP contribution is -2.45. The van der Waals surface area contributed by atoms with Crippen LogP contribution in [0.4, 0.5) is 0 Å². The van der Waals surface area contributed by atoms with E-state index in [2.05, 4.69) is 13.8 Å². The summed E-state index contributed by atoms with van der Waals surface area (Å²) in [6.45, 7) is 5.19. The Hall–Kier alpha value is -0.790. The molecule has 0 unspecified atom stereocenters. The molecule has 1 fully saturated rings. The standard InChI is InChI=1S/C29H55O8P/c1-3-5-7-9-11-13-15-17-19-21-23-25-32-27-28(34-37-38(31)35-29(27,30)36-38)33-26-24-22-20-18-16-14-12-10-8-6-4-2/h30H,3-26H2,1-2H3. The van der Waals surface area contributed by atoms with Gasteiger partial charge in [-0.1, -0.05) is 147 Å². The second-order valence-electron chi connectivity index (χ2n) is 10.8. The molecule has 0 spiro atoms. The number of aliphatic hydroxyl groups is 1. The number of unbranched alkanes of at least 4 members (excludes halogenated alkanes) is 20. The van der Waals surface area contributed by atoms with Gasteiger partial charge in [0.25, 0.3) is 5.76 Å². The van der Waals surface area contributed by atoms with Crippen LogP contribution in [0.1, 0.15) is 155 Å². The molecule has 0 radical (unpaired) electrons. The minimum absolute atomic E-state index is 0.170. The van der Waals surface area contributed by atoms with Crippen LogP contribution in [0.3, 0.4) is 0 Å². The van der Waals surface area contributed by atoms with Crippen molar-refractivity contribution in [2.45, 2.75) is 161 Å². The number of hydrogen-bond acceptors (Lipinski definition) is 8. The van der Waals surface area contributed by atoms with Crippen molar-refractivity contribution < 1.29 is 37.8 Å². The van der Waals surface area contributed by atoms with Crippen molar-refractivity contribution >= 4 is 7.82 Å². The van der Waals surface area contributed by atoms with Crippen molar-refractivity contribution in [1.29, 1.82) is 0 Å². The van der Waals surface area contributed by atoms with Crippen LogP contribution in [-0.2, 0) is 32.6 Å². The number of hydrogen-bond donors (Lipinski definition) is 1. The maximum absolute atomic E-state index is 12.1. The lowest BCUT2D eigenvalue weighted by atomic mass is 10.1. The maximum Gasteiger partial charge on any atom is 0.520 e. The van der Waals surface area contributed by atoms with E-state index in [0.717, 1.165) is 38.5 Å². The second-order valence-corrected chi connectivity index (χ2v) is 12.2. The van der Waals surface area contributed by atoms with Crippen molar-refractivity contribution in [3.8, 4) is 0 Å². The predicted molar refractivity (Wildman–Crippen MR) is 149 cm³/mol. The van der Waals surface area contributed by atoms with Gasteiger partial charge < -0.3 is 14.6 Å². The highest BCUT2D eigenvalue weighted by Gasteiger charge is 2.66. The van der Waals surface area contributed by atoms with Crippen LogP contribution in [0.25, 0.3) is 0 Å². The molecule has 3 rings (SSSR count). The predicted octanol–water partition coefficient (Wildman–Crippen LogP) is 9.57. The third-order valence-electron chi connectivity index (χ3n) is 7.12. The molecule has 224 valence electrons. The fourth-order valence-corrected chi connectivity index (χ4v) is 5.79. The Labute approximate surface area is 231 Å². The molecule has 8 nitrogen and oxygen atoms in total. The van der Waals surface area contributed by atoms with Gasteiger partial charge in [-0.05, 0) is 12.8 Å². The molecule has 2 bridgehead atoms. The largest absolute Gasteiger partial charge is 0.520 e. The minimum Gasteiger partial charge on any atom is -0.485 e. The maximum atomic E-state index is 12.1. The van der Waals surface area contributed by atoms with Crippen LogP contribution in [0.15, 0.2) is 11.7 Å². The van der Waals surface area contributed by atoms with Gasteiger partial charge in [0.1, 0.15) is 0 Å². The normalized spacial score (nSPS) is 22.6. The van der Waals surface area contributed by atoms with E-state index in [9.17, 15) is 9.67 Å². The molecule has 38 heavy (non-hydrogen) atoms. The Bertz CT molecular complexity index is 673. The van der Waals surface area contributed by atoms with Crippen molar-refractivity contribution in [3.63, 3.8) is 0 Å². The third kappa shape index (κ3) is 13.5. The van der Waals surface area contributed by atoms with Crippen LogP contribution in [0.5, 0.6) is 0 Å². The van der Waals surface area contributed by atoms with Gasteiger partial charge in [0, 0.05) is 0 Å². The molecule has 0 amide bonds. The smallest absolute Gasteiger partial charge is 0.485 e. The summed E-state index contributed by atoms with van der Waals surface area (Å²) in [6.07, 6.45) is 27.0. The molecule has 0 saturated carbocycles. The topological polar surface area (TPSA) is 92.7 Å². The van der Waals surface area contributed by atoms with Crippen molar-refractivity contribution in [2.75, 3.05) is 13.2 Å². The van der Waals surface area contributed by atoms with Crippen LogP contribution in [0.2, 0.25) is 0 Å². The molecule has 0 aromatic heterocycles. The summed E-state index contributed by atoms with van der Waals surface area (Å²) in [6, 6.07) is 0. The van der Waals surface area contributed by atoms with Gasteiger partial charge in [-0.25, -0.2) is 13.6 Å². The summed E-state index contributed by atoms with van der Waals surface area (Å²) in [5, 5.41) is 10.5. The van der Waals surface area contributed by atoms with E-state index in [0.29, 0.717) is 13.2 Å². The van der Waals surface area contributed by atoms with E-state index in [1.165, 1.54) is 103 Å². The van der Waals surface area contributed by atoms with E-state index in [4.69, 9.17) is 28.1 Å². The van der Waals surface area contributed by atoms with E-state index < -0.39 is 13.8 Å². The van der Waals surface area contributed by atoms with Crippen LogP contribution < -0.4 is 0 Å². The van der Waals surface area contributed by atoms with Crippen LogP contribution >= 0.6 is 7.82 Å². The third-order valence-corrected chi connectivity index (χ3v) is 8.32. The van der Waals surface area contributed by atoms with Gasteiger partial charge in [-0.3, -0.25) is 4.89 Å². The molecule has 3 aliphatic heterocycles. The molecule has 3 heterocycles. The zero-order chi connectivity index (χ0) is 27.4. The molecule has 0 aromatic carbocycles. The number of ether oxygens (including phenoxy) is 2. The Morgan fingerprint density at radius 2 is 0.974 bits per heavy atom. The van der Waals surface area contributed by atoms with E-state index >= 15 is 0 Å². The molecule has 1 N–H and O–H groups in total. The number of phosphoric acid groups is 1. The number of rotatable bonds is 26. The van der Waals surface area contributed by atoms with E-state index in [1.807, 2.05) is 0 Å². The Balaban J connectivity index is 1.59. The summed E-state index contributed by atoms with van der Waals surface area (Å²) >= 11 is 0. The van der Waals surface area contributed by atoms with E-state index in [1.54, 1.807) is 0 Å². The summed E-state index contributed by atoms with van der Waals surface area (Å²) in [4.78, 5) is 5.05. The fourth-order valence-electron chi connectivity index (χ4n) is 4.78. The second kappa shape index (κ2) is 20.1. The van der Waals surface area contributed by atoms with Gasteiger partial charge in [-0.2, -0.15) is 0 Å². The quantitative estimate of drug-likeness (QED) is 0.0633.